The maximum Gasteiger partial charge on any atom is 0.270 e. The number of fused-ring (bicyclic) bond motifs is 2. The molecule has 2 N–H and O–H groups in total. The predicted molar refractivity (Wildman–Crippen MR) is 117 cm³/mol. The molecule has 0 bridgehead atoms. The second-order valence-electron chi connectivity index (χ2n) is 9.13. The van der Waals surface area contributed by atoms with E-state index in [4.69, 9.17) is 0 Å². The Morgan fingerprint density at radius 1 is 1.06 bits per heavy atom. The minimum absolute atomic E-state index is 0.0322. The molecule has 0 radical (unpaired) electrons. The zero-order valence-electron chi connectivity index (χ0n) is 18.0. The second kappa shape index (κ2) is 8.06. The number of sulfonamides is 1. The van der Waals surface area contributed by atoms with Crippen molar-refractivity contribution < 1.29 is 13.2 Å². The third-order valence-electron chi connectivity index (χ3n) is 7.02. The Balaban J connectivity index is 1.37. The number of carbonyl (C=O) groups is 1. The number of nitrogens with zero attached hydrogens (tertiary/aromatic N) is 2. The molecule has 0 spiro atoms. The summed E-state index contributed by atoms with van der Waals surface area (Å²) in [7, 11) is -1.73. The lowest BCUT2D eigenvalue weighted by molar-refractivity contribution is 0.0926. The number of benzene rings is 1. The lowest BCUT2D eigenvalue weighted by atomic mass is 9.95. The molecule has 31 heavy (non-hydrogen) atoms. The second-order valence-corrected chi connectivity index (χ2v) is 10.8. The summed E-state index contributed by atoms with van der Waals surface area (Å²) < 4.78 is 30.4. The lowest BCUT2D eigenvalue weighted by Gasteiger charge is -2.18. The maximum atomic E-state index is 13.2. The number of carbonyl (C=O) groups excluding carboxylic acids is 1. The molecule has 1 heterocycles. The largest absolute Gasteiger partial charge is 0.344 e. The van der Waals surface area contributed by atoms with E-state index in [2.05, 4.69) is 15.1 Å². The van der Waals surface area contributed by atoms with E-state index in [0.29, 0.717) is 5.69 Å². The molecule has 8 heteroatoms. The summed E-state index contributed by atoms with van der Waals surface area (Å²) in [4.78, 5) is 13.5. The Morgan fingerprint density at radius 2 is 1.84 bits per heavy atom. The normalized spacial score (nSPS) is 21.1. The number of aryl methyl sites for hydroxylation is 3. The Kier molecular flexibility index (Phi) is 5.38. The van der Waals surface area contributed by atoms with Crippen LogP contribution in [0.5, 0.6) is 0 Å². The van der Waals surface area contributed by atoms with Crippen LogP contribution in [-0.2, 0) is 36.3 Å². The van der Waals surface area contributed by atoms with Crippen molar-refractivity contribution in [3.05, 3.63) is 46.3 Å². The van der Waals surface area contributed by atoms with Crippen LogP contribution in [0.15, 0.2) is 23.1 Å². The van der Waals surface area contributed by atoms with Crippen LogP contribution in [0.25, 0.3) is 0 Å². The van der Waals surface area contributed by atoms with Gasteiger partial charge in [-0.25, -0.2) is 13.1 Å². The van der Waals surface area contributed by atoms with Gasteiger partial charge in [0.1, 0.15) is 5.69 Å². The molecule has 1 fully saturated rings. The molecule has 2 aromatic rings. The minimum Gasteiger partial charge on any atom is -0.344 e. The molecule has 166 valence electrons. The molecule has 7 nitrogen and oxygen atoms in total. The van der Waals surface area contributed by atoms with Crippen LogP contribution in [0.4, 0.5) is 0 Å². The number of aromatic nitrogens is 2. The summed E-state index contributed by atoms with van der Waals surface area (Å²) >= 11 is 0. The minimum atomic E-state index is -3.56. The van der Waals surface area contributed by atoms with E-state index in [0.717, 1.165) is 86.6 Å². The number of nitrogens with one attached hydrogen (secondary N) is 2. The summed E-state index contributed by atoms with van der Waals surface area (Å²) in [6.45, 7) is 0. The fraction of sp³-hybridized carbons (Fsp3) is 0.565. The zero-order valence-corrected chi connectivity index (χ0v) is 18.8. The highest BCUT2D eigenvalue weighted by molar-refractivity contribution is 7.89. The van der Waals surface area contributed by atoms with Crippen molar-refractivity contribution >= 4 is 15.9 Å². The van der Waals surface area contributed by atoms with E-state index in [-0.39, 0.29) is 22.9 Å². The van der Waals surface area contributed by atoms with Crippen molar-refractivity contribution in [2.75, 3.05) is 0 Å². The monoisotopic (exact) mass is 442 g/mol. The summed E-state index contributed by atoms with van der Waals surface area (Å²) in [6, 6.07) is 5.20. The smallest absolute Gasteiger partial charge is 0.270 e. The molecule has 1 aromatic heterocycles. The Hall–Kier alpha value is -2.19. The Labute approximate surface area is 183 Å². The van der Waals surface area contributed by atoms with Gasteiger partial charge in [-0.2, -0.15) is 5.10 Å². The van der Waals surface area contributed by atoms with Gasteiger partial charge in [0.15, 0.2) is 0 Å². The van der Waals surface area contributed by atoms with Gasteiger partial charge in [-0.15, -0.1) is 0 Å². The van der Waals surface area contributed by atoms with Gasteiger partial charge in [0.25, 0.3) is 5.91 Å². The van der Waals surface area contributed by atoms with Crippen LogP contribution in [0, 0.1) is 0 Å². The van der Waals surface area contributed by atoms with Gasteiger partial charge < -0.3 is 5.32 Å². The van der Waals surface area contributed by atoms with Crippen molar-refractivity contribution in [2.24, 2.45) is 7.05 Å². The Bertz CT molecular complexity index is 1120. The molecule has 3 aliphatic carbocycles. The zero-order chi connectivity index (χ0) is 21.6. The van der Waals surface area contributed by atoms with Gasteiger partial charge >= 0.3 is 0 Å². The average molecular weight is 443 g/mol. The molecule has 0 unspecified atom stereocenters. The number of amides is 1. The molecule has 1 amide bonds. The molecular weight excluding hydrogens is 412 g/mol. The molecular formula is C23H30N4O3S. The van der Waals surface area contributed by atoms with Gasteiger partial charge in [-0.3, -0.25) is 9.48 Å². The van der Waals surface area contributed by atoms with Gasteiger partial charge in [0.05, 0.1) is 16.6 Å². The van der Waals surface area contributed by atoms with Gasteiger partial charge in [-0.1, -0.05) is 18.9 Å². The quantitative estimate of drug-likeness (QED) is 0.745. The van der Waals surface area contributed by atoms with E-state index in [9.17, 15) is 13.2 Å². The summed E-state index contributed by atoms with van der Waals surface area (Å²) in [5, 5.41) is 7.72. The fourth-order valence-electron chi connectivity index (χ4n) is 5.42. The first-order valence-corrected chi connectivity index (χ1v) is 12.9. The van der Waals surface area contributed by atoms with Crippen LogP contribution in [0.2, 0.25) is 0 Å². The van der Waals surface area contributed by atoms with E-state index >= 15 is 0 Å². The third kappa shape index (κ3) is 3.91. The van der Waals surface area contributed by atoms with Crippen LogP contribution in [0.1, 0.15) is 83.9 Å². The van der Waals surface area contributed by atoms with Crippen LogP contribution in [-0.4, -0.2) is 30.1 Å². The predicted octanol–water partition coefficient (Wildman–Crippen LogP) is 2.94. The molecule has 1 atom stereocenters. The molecule has 5 rings (SSSR count). The Morgan fingerprint density at radius 3 is 2.65 bits per heavy atom. The third-order valence-corrected chi connectivity index (χ3v) is 8.54. The fourth-order valence-corrected chi connectivity index (χ4v) is 6.76. The SMILES string of the molecule is Cn1nc2c(c1C(=O)N[C@@H]1CCc3ccc(S(=O)(=O)NC4CCCC4)cc31)CCCC2. The average Bonchev–Trinajstić information content (AvgIpc) is 3.46. The first-order chi connectivity index (χ1) is 14.9. The van der Waals surface area contributed by atoms with Crippen molar-refractivity contribution in [3.8, 4) is 0 Å². The van der Waals surface area contributed by atoms with Gasteiger partial charge in [0.2, 0.25) is 10.0 Å². The molecule has 0 saturated heterocycles. The van der Waals surface area contributed by atoms with Crippen molar-refractivity contribution in [2.45, 2.75) is 81.2 Å². The first-order valence-electron chi connectivity index (χ1n) is 11.4. The van der Waals surface area contributed by atoms with E-state index < -0.39 is 10.0 Å². The first kappa shape index (κ1) is 20.7. The molecule has 3 aliphatic rings. The van der Waals surface area contributed by atoms with Crippen LogP contribution < -0.4 is 10.0 Å². The molecule has 1 saturated carbocycles. The van der Waals surface area contributed by atoms with Crippen molar-refractivity contribution in [1.29, 1.82) is 0 Å². The van der Waals surface area contributed by atoms with Crippen LogP contribution in [0.3, 0.4) is 0 Å². The lowest BCUT2D eigenvalue weighted by Crippen LogP contribution is -2.33. The van der Waals surface area contributed by atoms with E-state index in [1.54, 1.807) is 16.8 Å². The van der Waals surface area contributed by atoms with Crippen molar-refractivity contribution in [3.63, 3.8) is 0 Å². The highest BCUT2D eigenvalue weighted by atomic mass is 32.2. The van der Waals surface area contributed by atoms with E-state index in [1.165, 1.54) is 0 Å². The van der Waals surface area contributed by atoms with Crippen LogP contribution >= 0.6 is 0 Å². The summed E-state index contributed by atoms with van der Waals surface area (Å²) in [5.74, 6) is -0.117. The summed E-state index contributed by atoms with van der Waals surface area (Å²) in [5.41, 5.74) is 4.78. The van der Waals surface area contributed by atoms with Gasteiger partial charge in [0, 0.05) is 18.7 Å². The topological polar surface area (TPSA) is 93.1 Å². The standard InChI is InChI=1S/C23H30N4O3S/c1-27-22(18-8-4-5-9-21(18)25-27)23(28)24-20-13-11-15-10-12-17(14-19(15)20)31(29,30)26-16-6-2-3-7-16/h10,12,14,16,20,26H,2-9,11,13H2,1H3,(H,24,28)/t20-/m1/s1. The number of rotatable bonds is 5. The summed E-state index contributed by atoms with van der Waals surface area (Å²) in [6.07, 6.45) is 9.58. The molecule has 0 aliphatic heterocycles. The van der Waals surface area contributed by atoms with E-state index in [1.807, 2.05) is 13.1 Å². The van der Waals surface area contributed by atoms with Gasteiger partial charge in [-0.05, 0) is 74.6 Å². The highest BCUT2D eigenvalue weighted by Crippen LogP contribution is 2.34. The number of hydrogen-bond donors (Lipinski definition) is 2. The maximum absolute atomic E-state index is 13.2. The molecule has 1 aromatic carbocycles. The number of hydrogen-bond acceptors (Lipinski definition) is 4. The highest BCUT2D eigenvalue weighted by Gasteiger charge is 2.30. The van der Waals surface area contributed by atoms with Crippen molar-refractivity contribution in [1.82, 2.24) is 19.8 Å².